The Morgan fingerprint density at radius 2 is 1.53 bits per heavy atom. The largest absolute Gasteiger partial charge is 0.350 e. The minimum atomic E-state index is -4.13. The van der Waals surface area contributed by atoms with Crippen molar-refractivity contribution in [1.29, 1.82) is 0 Å². The van der Waals surface area contributed by atoms with Gasteiger partial charge in [-0.05, 0) is 81.8 Å². The van der Waals surface area contributed by atoms with Gasteiger partial charge in [0.1, 0.15) is 18.4 Å². The zero-order valence-corrected chi connectivity index (χ0v) is 24.1. The monoisotopic (exact) mass is 603 g/mol. The van der Waals surface area contributed by atoms with Gasteiger partial charge in [0, 0.05) is 16.6 Å². The van der Waals surface area contributed by atoms with Gasteiger partial charge in [-0.2, -0.15) is 0 Å². The number of nitrogens with zero attached hydrogens (tertiary/aromatic N) is 2. The highest BCUT2D eigenvalue weighted by Gasteiger charge is 2.33. The van der Waals surface area contributed by atoms with Crippen molar-refractivity contribution in [3.8, 4) is 0 Å². The molecule has 3 rings (SSSR count). The number of carbonyl (C=O) groups excluding carboxylic acids is 2. The van der Waals surface area contributed by atoms with Crippen molar-refractivity contribution < 1.29 is 22.4 Å². The van der Waals surface area contributed by atoms with Crippen LogP contribution in [0.4, 0.5) is 10.1 Å². The molecule has 0 spiro atoms. The highest BCUT2D eigenvalue weighted by Crippen LogP contribution is 2.26. The molecule has 0 bridgehead atoms. The summed E-state index contributed by atoms with van der Waals surface area (Å²) in [4.78, 5) is 28.2. The number of amides is 2. The Morgan fingerprint density at radius 1 is 0.947 bits per heavy atom. The summed E-state index contributed by atoms with van der Waals surface area (Å²) < 4.78 is 42.7. The summed E-state index contributed by atoms with van der Waals surface area (Å²) in [6.07, 6.45) is 0. The van der Waals surface area contributed by atoms with Gasteiger partial charge in [-0.15, -0.1) is 0 Å². The van der Waals surface area contributed by atoms with Crippen LogP contribution in [0.25, 0.3) is 0 Å². The maximum Gasteiger partial charge on any atom is 0.264 e. The third-order valence-electron chi connectivity index (χ3n) is 5.66. The van der Waals surface area contributed by atoms with Gasteiger partial charge in [0.05, 0.1) is 10.6 Å². The number of anilines is 1. The minimum absolute atomic E-state index is 0.0165. The van der Waals surface area contributed by atoms with Gasteiger partial charge in [0.25, 0.3) is 10.0 Å². The predicted molar refractivity (Wildman–Crippen MR) is 149 cm³/mol. The first-order chi connectivity index (χ1) is 17.8. The average Bonchev–Trinajstić information content (AvgIpc) is 2.86. The van der Waals surface area contributed by atoms with Crippen LogP contribution in [0.15, 0.2) is 88.2 Å². The van der Waals surface area contributed by atoms with Crippen molar-refractivity contribution in [1.82, 2.24) is 10.2 Å². The molecule has 1 unspecified atom stereocenters. The molecule has 0 fully saturated rings. The molecule has 10 heteroatoms. The third-order valence-corrected chi connectivity index (χ3v) is 7.97. The van der Waals surface area contributed by atoms with Crippen LogP contribution < -0.4 is 9.62 Å². The number of halogens is 2. The lowest BCUT2D eigenvalue weighted by atomic mass is 10.1. The van der Waals surface area contributed by atoms with Crippen LogP contribution >= 0.6 is 15.9 Å². The second-order valence-electron chi connectivity index (χ2n) is 9.86. The van der Waals surface area contributed by atoms with Gasteiger partial charge in [-0.25, -0.2) is 12.8 Å². The second-order valence-corrected chi connectivity index (χ2v) is 12.6. The normalized spacial score (nSPS) is 12.5. The van der Waals surface area contributed by atoms with Gasteiger partial charge in [0.2, 0.25) is 11.8 Å². The summed E-state index contributed by atoms with van der Waals surface area (Å²) >= 11 is 3.35. The van der Waals surface area contributed by atoms with E-state index in [4.69, 9.17) is 0 Å². The third kappa shape index (κ3) is 7.64. The topological polar surface area (TPSA) is 86.8 Å². The molecule has 0 saturated heterocycles. The predicted octanol–water partition coefficient (Wildman–Crippen LogP) is 5.12. The molecule has 0 aliphatic carbocycles. The summed E-state index contributed by atoms with van der Waals surface area (Å²) in [5.74, 6) is -1.41. The van der Waals surface area contributed by atoms with Crippen molar-refractivity contribution in [3.63, 3.8) is 0 Å². The number of hydrogen-bond acceptors (Lipinski definition) is 4. The fourth-order valence-corrected chi connectivity index (χ4v) is 5.40. The van der Waals surface area contributed by atoms with E-state index in [1.165, 1.54) is 41.3 Å². The Kier molecular flexibility index (Phi) is 9.32. The van der Waals surface area contributed by atoms with E-state index in [9.17, 15) is 22.4 Å². The molecule has 0 saturated carbocycles. The quantitative estimate of drug-likeness (QED) is 0.368. The van der Waals surface area contributed by atoms with Gasteiger partial charge >= 0.3 is 0 Å². The average molecular weight is 605 g/mol. The lowest BCUT2D eigenvalue weighted by Crippen LogP contribution is -2.54. The van der Waals surface area contributed by atoms with E-state index >= 15 is 0 Å². The number of benzene rings is 3. The van der Waals surface area contributed by atoms with E-state index in [1.807, 2.05) is 20.8 Å². The van der Waals surface area contributed by atoms with Crippen molar-refractivity contribution in [2.45, 2.75) is 50.7 Å². The van der Waals surface area contributed by atoms with Crippen LogP contribution in [0.2, 0.25) is 0 Å². The fraction of sp³-hybridized carbons (Fsp3) is 0.286. The van der Waals surface area contributed by atoms with Gasteiger partial charge in [0.15, 0.2) is 0 Å². The molecule has 2 amide bonds. The van der Waals surface area contributed by atoms with Crippen molar-refractivity contribution in [3.05, 3.63) is 94.7 Å². The van der Waals surface area contributed by atoms with Crippen molar-refractivity contribution in [2.75, 3.05) is 10.8 Å². The zero-order valence-electron chi connectivity index (χ0n) is 21.7. The van der Waals surface area contributed by atoms with Crippen LogP contribution in [-0.2, 0) is 26.2 Å². The standard InChI is InChI=1S/C28H31BrFN3O4S/c1-20(27(35)31-28(2,3)4)32(18-21-10-14-23(30)15-11-21)26(34)19-33(24-16-12-22(29)13-17-24)38(36,37)25-8-6-5-7-9-25/h5-17,20H,18-19H2,1-4H3,(H,31,35). The molecule has 7 nitrogen and oxygen atoms in total. The lowest BCUT2D eigenvalue weighted by Gasteiger charge is -2.33. The Labute approximate surface area is 231 Å². The molecule has 38 heavy (non-hydrogen) atoms. The molecule has 202 valence electrons. The van der Waals surface area contributed by atoms with Gasteiger partial charge in [-0.3, -0.25) is 13.9 Å². The van der Waals surface area contributed by atoms with Crippen LogP contribution in [0.1, 0.15) is 33.3 Å². The molecule has 0 aliphatic heterocycles. The Hall–Kier alpha value is -3.24. The van der Waals surface area contributed by atoms with Crippen molar-refractivity contribution in [2.24, 2.45) is 0 Å². The summed E-state index contributed by atoms with van der Waals surface area (Å²) in [5.41, 5.74) is 0.339. The Morgan fingerprint density at radius 3 is 2.08 bits per heavy atom. The molecule has 0 aliphatic rings. The number of sulfonamides is 1. The number of nitrogens with one attached hydrogen (secondary N) is 1. The fourth-order valence-electron chi connectivity index (χ4n) is 3.70. The first kappa shape index (κ1) is 29.3. The number of hydrogen-bond donors (Lipinski definition) is 1. The summed E-state index contributed by atoms with van der Waals surface area (Å²) in [6.45, 7) is 6.49. The maximum absolute atomic E-state index is 13.8. The first-order valence-corrected chi connectivity index (χ1v) is 14.2. The van der Waals surface area contributed by atoms with E-state index in [2.05, 4.69) is 21.2 Å². The molecule has 1 N–H and O–H groups in total. The minimum Gasteiger partial charge on any atom is -0.350 e. The molecule has 0 heterocycles. The van der Waals surface area contributed by atoms with Gasteiger partial charge < -0.3 is 10.2 Å². The van der Waals surface area contributed by atoms with Crippen LogP contribution in [0.5, 0.6) is 0 Å². The van der Waals surface area contributed by atoms with E-state index in [1.54, 1.807) is 49.4 Å². The van der Waals surface area contributed by atoms with E-state index in [0.717, 1.165) is 8.78 Å². The second kappa shape index (κ2) is 12.1. The van der Waals surface area contributed by atoms with Gasteiger partial charge in [-0.1, -0.05) is 46.3 Å². The Balaban J connectivity index is 2.01. The maximum atomic E-state index is 13.8. The summed E-state index contributed by atoms with van der Waals surface area (Å²) in [6, 6.07) is 19.0. The first-order valence-electron chi connectivity index (χ1n) is 12.0. The zero-order chi connectivity index (χ0) is 28.1. The molecular formula is C28H31BrFN3O4S. The summed E-state index contributed by atoms with van der Waals surface area (Å²) in [5, 5.41) is 2.87. The highest BCUT2D eigenvalue weighted by molar-refractivity contribution is 9.10. The highest BCUT2D eigenvalue weighted by atomic mass is 79.9. The lowest BCUT2D eigenvalue weighted by molar-refractivity contribution is -0.140. The molecule has 0 radical (unpaired) electrons. The SMILES string of the molecule is CC(C(=O)NC(C)(C)C)N(Cc1ccc(F)cc1)C(=O)CN(c1ccc(Br)cc1)S(=O)(=O)c1ccccc1. The Bertz CT molecular complexity index is 1360. The molecular weight excluding hydrogens is 573 g/mol. The molecule has 0 aromatic heterocycles. The molecule has 3 aromatic rings. The molecule has 3 aromatic carbocycles. The van der Waals surface area contributed by atoms with E-state index < -0.39 is 45.8 Å². The smallest absolute Gasteiger partial charge is 0.264 e. The summed E-state index contributed by atoms with van der Waals surface area (Å²) in [7, 11) is -4.13. The van der Waals surface area contributed by atoms with E-state index in [0.29, 0.717) is 11.3 Å². The van der Waals surface area contributed by atoms with E-state index in [-0.39, 0.29) is 11.4 Å². The number of rotatable bonds is 9. The number of carbonyl (C=O) groups is 2. The van der Waals surface area contributed by atoms with Crippen LogP contribution in [0, 0.1) is 5.82 Å². The molecule has 1 atom stereocenters. The van der Waals surface area contributed by atoms with Crippen molar-refractivity contribution >= 4 is 43.5 Å². The van der Waals surface area contributed by atoms with Crippen LogP contribution in [-0.4, -0.2) is 43.3 Å². The van der Waals surface area contributed by atoms with Crippen LogP contribution in [0.3, 0.4) is 0 Å².